The lowest BCUT2D eigenvalue weighted by atomic mass is 10.3. The molecule has 1 unspecified atom stereocenters. The highest BCUT2D eigenvalue weighted by Gasteiger charge is 2.18. The quantitative estimate of drug-likeness (QED) is 0.708. The zero-order chi connectivity index (χ0) is 8.97. The summed E-state index contributed by atoms with van der Waals surface area (Å²) < 4.78 is 0. The minimum atomic E-state index is -0.435. The van der Waals surface area contributed by atoms with Gasteiger partial charge in [0.25, 0.3) is 0 Å². The molecule has 1 aromatic rings. The van der Waals surface area contributed by atoms with Crippen LogP contribution in [0.2, 0.25) is 0 Å². The maximum absolute atomic E-state index is 10.9. The van der Waals surface area contributed by atoms with Gasteiger partial charge in [0.05, 0.1) is 0 Å². The van der Waals surface area contributed by atoms with Crippen LogP contribution in [0.1, 0.15) is 18.0 Å². The molecule has 1 heterocycles. The monoisotopic (exact) mass is 185 g/mol. The molecular weight excluding hydrogens is 174 g/mol. The average molecular weight is 185 g/mol. The fourth-order valence-electron chi connectivity index (χ4n) is 0.891. The molecule has 1 rings (SSSR count). The van der Waals surface area contributed by atoms with Crippen molar-refractivity contribution < 1.29 is 4.79 Å². The van der Waals surface area contributed by atoms with Crippen LogP contribution < -0.4 is 11.1 Å². The zero-order valence-electron chi connectivity index (χ0n) is 6.78. The predicted octanol–water partition coefficient (Wildman–Crippen LogP) is 0.279. The van der Waals surface area contributed by atoms with Gasteiger partial charge in [-0.1, -0.05) is 6.92 Å². The molecule has 0 aromatic carbocycles. The lowest BCUT2D eigenvalue weighted by Gasteiger charge is -2.09. The van der Waals surface area contributed by atoms with Crippen molar-refractivity contribution in [2.75, 3.05) is 6.54 Å². The Morgan fingerprint density at radius 2 is 2.67 bits per heavy atom. The van der Waals surface area contributed by atoms with Gasteiger partial charge in [-0.3, -0.25) is 4.79 Å². The second kappa shape index (κ2) is 4.18. The second-order valence-electron chi connectivity index (χ2n) is 2.26. The fourth-order valence-corrected chi connectivity index (χ4v) is 1.61. The molecule has 66 valence electrons. The van der Waals surface area contributed by atoms with E-state index in [1.54, 1.807) is 6.20 Å². The van der Waals surface area contributed by atoms with Crippen LogP contribution in [0.15, 0.2) is 11.6 Å². The molecule has 0 aliphatic rings. The SMILES string of the molecule is CCNC(C(N)=O)c1nccs1. The number of carbonyl (C=O) groups is 1. The topological polar surface area (TPSA) is 68.0 Å². The lowest BCUT2D eigenvalue weighted by molar-refractivity contribution is -0.120. The Balaban J connectivity index is 2.73. The summed E-state index contributed by atoms with van der Waals surface area (Å²) in [5.41, 5.74) is 5.18. The van der Waals surface area contributed by atoms with Crippen LogP contribution >= 0.6 is 11.3 Å². The Morgan fingerprint density at radius 1 is 1.92 bits per heavy atom. The number of hydrogen-bond donors (Lipinski definition) is 2. The summed E-state index contributed by atoms with van der Waals surface area (Å²) >= 11 is 1.42. The predicted molar refractivity (Wildman–Crippen MR) is 47.7 cm³/mol. The van der Waals surface area contributed by atoms with E-state index >= 15 is 0 Å². The van der Waals surface area contributed by atoms with Crippen molar-refractivity contribution in [1.29, 1.82) is 0 Å². The van der Waals surface area contributed by atoms with E-state index < -0.39 is 6.04 Å². The molecule has 4 nitrogen and oxygen atoms in total. The average Bonchev–Trinajstić information content (AvgIpc) is 2.51. The third-order valence-corrected chi connectivity index (χ3v) is 2.23. The van der Waals surface area contributed by atoms with E-state index in [9.17, 15) is 4.79 Å². The van der Waals surface area contributed by atoms with Gasteiger partial charge in [0.15, 0.2) is 0 Å². The van der Waals surface area contributed by atoms with Gasteiger partial charge in [0, 0.05) is 11.6 Å². The molecular formula is C7H11N3OS. The Hall–Kier alpha value is -0.940. The molecule has 0 spiro atoms. The van der Waals surface area contributed by atoms with Crippen LogP contribution in [0.5, 0.6) is 0 Å². The molecule has 0 saturated carbocycles. The number of carbonyl (C=O) groups excluding carboxylic acids is 1. The van der Waals surface area contributed by atoms with Crippen molar-refractivity contribution in [2.45, 2.75) is 13.0 Å². The van der Waals surface area contributed by atoms with Crippen LogP contribution in [0, 0.1) is 0 Å². The first-order valence-corrected chi connectivity index (χ1v) is 4.55. The molecule has 0 aliphatic heterocycles. The molecule has 0 fully saturated rings. The zero-order valence-corrected chi connectivity index (χ0v) is 7.60. The highest BCUT2D eigenvalue weighted by atomic mass is 32.1. The van der Waals surface area contributed by atoms with E-state index in [-0.39, 0.29) is 5.91 Å². The number of nitrogens with one attached hydrogen (secondary N) is 1. The van der Waals surface area contributed by atoms with Crippen molar-refractivity contribution in [3.05, 3.63) is 16.6 Å². The van der Waals surface area contributed by atoms with Crippen molar-refractivity contribution in [2.24, 2.45) is 5.73 Å². The second-order valence-corrected chi connectivity index (χ2v) is 3.19. The first-order valence-electron chi connectivity index (χ1n) is 3.67. The number of likely N-dealkylation sites (N-methyl/N-ethyl adjacent to an activating group) is 1. The number of thiazole rings is 1. The Morgan fingerprint density at radius 3 is 3.08 bits per heavy atom. The van der Waals surface area contributed by atoms with E-state index in [4.69, 9.17) is 5.73 Å². The number of primary amides is 1. The number of rotatable bonds is 4. The van der Waals surface area contributed by atoms with E-state index in [0.29, 0.717) is 6.54 Å². The molecule has 0 bridgehead atoms. The highest BCUT2D eigenvalue weighted by Crippen LogP contribution is 2.14. The van der Waals surface area contributed by atoms with Crippen LogP contribution in [-0.2, 0) is 4.79 Å². The summed E-state index contributed by atoms with van der Waals surface area (Å²) in [6.07, 6.45) is 1.66. The smallest absolute Gasteiger partial charge is 0.241 e. The number of nitrogens with zero attached hydrogens (tertiary/aromatic N) is 1. The van der Waals surface area contributed by atoms with E-state index in [1.165, 1.54) is 11.3 Å². The van der Waals surface area contributed by atoms with Gasteiger partial charge in [0.1, 0.15) is 11.0 Å². The number of nitrogens with two attached hydrogens (primary N) is 1. The van der Waals surface area contributed by atoms with Gasteiger partial charge >= 0.3 is 0 Å². The van der Waals surface area contributed by atoms with Crippen LogP contribution in [-0.4, -0.2) is 17.4 Å². The summed E-state index contributed by atoms with van der Waals surface area (Å²) in [5.74, 6) is -0.383. The summed E-state index contributed by atoms with van der Waals surface area (Å²) in [4.78, 5) is 14.9. The van der Waals surface area contributed by atoms with Gasteiger partial charge in [-0.25, -0.2) is 4.98 Å². The van der Waals surface area contributed by atoms with Crippen molar-refractivity contribution >= 4 is 17.2 Å². The summed E-state index contributed by atoms with van der Waals surface area (Å²) in [6.45, 7) is 2.62. The third-order valence-electron chi connectivity index (χ3n) is 1.39. The lowest BCUT2D eigenvalue weighted by Crippen LogP contribution is -2.33. The molecule has 0 aliphatic carbocycles. The summed E-state index contributed by atoms with van der Waals surface area (Å²) in [6, 6.07) is -0.435. The van der Waals surface area contributed by atoms with E-state index in [0.717, 1.165) is 5.01 Å². The molecule has 12 heavy (non-hydrogen) atoms. The minimum absolute atomic E-state index is 0.383. The van der Waals surface area contributed by atoms with Gasteiger partial charge in [-0.05, 0) is 6.54 Å². The molecule has 1 aromatic heterocycles. The van der Waals surface area contributed by atoms with Crippen LogP contribution in [0.25, 0.3) is 0 Å². The summed E-state index contributed by atoms with van der Waals surface area (Å²) in [5, 5.41) is 5.51. The van der Waals surface area contributed by atoms with Crippen molar-refractivity contribution in [3.63, 3.8) is 0 Å². The van der Waals surface area contributed by atoms with Gasteiger partial charge in [0.2, 0.25) is 5.91 Å². The number of hydrogen-bond acceptors (Lipinski definition) is 4. The molecule has 5 heteroatoms. The van der Waals surface area contributed by atoms with Gasteiger partial charge in [-0.15, -0.1) is 11.3 Å². The van der Waals surface area contributed by atoms with Crippen molar-refractivity contribution in [1.82, 2.24) is 10.3 Å². The maximum Gasteiger partial charge on any atom is 0.241 e. The maximum atomic E-state index is 10.9. The summed E-state index contributed by atoms with van der Waals surface area (Å²) in [7, 11) is 0. The van der Waals surface area contributed by atoms with E-state index in [2.05, 4.69) is 10.3 Å². The molecule has 1 amide bonds. The van der Waals surface area contributed by atoms with E-state index in [1.807, 2.05) is 12.3 Å². The molecule has 0 saturated heterocycles. The number of aromatic nitrogens is 1. The van der Waals surface area contributed by atoms with Crippen LogP contribution in [0.3, 0.4) is 0 Å². The minimum Gasteiger partial charge on any atom is -0.368 e. The Bertz CT molecular complexity index is 247. The Labute approximate surface area is 74.8 Å². The highest BCUT2D eigenvalue weighted by molar-refractivity contribution is 7.09. The largest absolute Gasteiger partial charge is 0.368 e. The molecule has 0 radical (unpaired) electrons. The normalized spacial score (nSPS) is 12.8. The fraction of sp³-hybridized carbons (Fsp3) is 0.429. The standard InChI is InChI=1S/C7H11N3OS/c1-2-9-5(6(8)11)7-10-3-4-12-7/h3-5,9H,2H2,1H3,(H2,8,11). The molecule has 1 atom stereocenters. The van der Waals surface area contributed by atoms with Crippen LogP contribution in [0.4, 0.5) is 0 Å². The Kier molecular flexibility index (Phi) is 3.19. The van der Waals surface area contributed by atoms with Gasteiger partial charge in [-0.2, -0.15) is 0 Å². The third kappa shape index (κ3) is 2.02. The number of amides is 1. The molecule has 3 N–H and O–H groups in total. The van der Waals surface area contributed by atoms with Crippen molar-refractivity contribution in [3.8, 4) is 0 Å². The van der Waals surface area contributed by atoms with Gasteiger partial charge < -0.3 is 11.1 Å². The first-order chi connectivity index (χ1) is 5.75. The first kappa shape index (κ1) is 9.15.